The summed E-state index contributed by atoms with van der Waals surface area (Å²) in [6.45, 7) is 4.49. The molecule has 0 spiro atoms. The van der Waals surface area contributed by atoms with Crippen LogP contribution in [-0.2, 0) is 6.61 Å². The van der Waals surface area contributed by atoms with Gasteiger partial charge in [0.25, 0.3) is 0 Å². The molecule has 0 aliphatic carbocycles. The Morgan fingerprint density at radius 2 is 2.11 bits per heavy atom. The van der Waals surface area contributed by atoms with Crippen molar-refractivity contribution in [1.82, 2.24) is 4.98 Å². The lowest BCUT2D eigenvalue weighted by atomic mass is 10.1. The minimum absolute atomic E-state index is 0.0496. The Bertz CT molecular complexity index is 509. The Morgan fingerprint density at radius 3 is 2.72 bits per heavy atom. The van der Waals surface area contributed by atoms with Crippen molar-refractivity contribution in [2.24, 2.45) is 5.73 Å². The highest BCUT2D eigenvalue weighted by atomic mass is 16.5. The molecule has 0 saturated carbocycles. The Morgan fingerprint density at radius 1 is 1.28 bits per heavy atom. The van der Waals surface area contributed by atoms with Crippen molar-refractivity contribution in [3.8, 4) is 5.75 Å². The van der Waals surface area contributed by atoms with Gasteiger partial charge in [0.2, 0.25) is 0 Å². The van der Waals surface area contributed by atoms with Crippen LogP contribution in [0.5, 0.6) is 5.75 Å². The first-order valence-corrected chi connectivity index (χ1v) is 6.05. The number of benzene rings is 1. The molecule has 18 heavy (non-hydrogen) atoms. The van der Waals surface area contributed by atoms with Crippen LogP contribution in [0.1, 0.15) is 29.8 Å². The molecule has 3 heteroatoms. The molecule has 0 fully saturated rings. The van der Waals surface area contributed by atoms with E-state index in [-0.39, 0.29) is 6.04 Å². The fourth-order valence-electron chi connectivity index (χ4n) is 1.75. The number of hydrogen-bond acceptors (Lipinski definition) is 3. The van der Waals surface area contributed by atoms with Gasteiger partial charge < -0.3 is 10.5 Å². The maximum atomic E-state index is 5.85. The molecule has 1 aromatic heterocycles. The van der Waals surface area contributed by atoms with Crippen molar-refractivity contribution in [2.45, 2.75) is 26.5 Å². The second-order valence-corrected chi connectivity index (χ2v) is 4.42. The quantitative estimate of drug-likeness (QED) is 0.896. The van der Waals surface area contributed by atoms with E-state index in [4.69, 9.17) is 10.5 Å². The summed E-state index contributed by atoms with van der Waals surface area (Å²) in [6.07, 6.45) is 1.77. The predicted octanol–water partition coefficient (Wildman–Crippen LogP) is 2.99. The minimum Gasteiger partial charge on any atom is -0.487 e. The number of nitrogens with two attached hydrogens (primary N) is 1. The van der Waals surface area contributed by atoms with Crippen molar-refractivity contribution in [1.29, 1.82) is 0 Å². The van der Waals surface area contributed by atoms with E-state index in [2.05, 4.69) is 11.1 Å². The van der Waals surface area contributed by atoms with E-state index in [0.717, 1.165) is 22.6 Å². The van der Waals surface area contributed by atoms with Gasteiger partial charge in [-0.2, -0.15) is 0 Å². The number of ether oxygens (including phenoxy) is 1. The summed E-state index contributed by atoms with van der Waals surface area (Å²) < 4.78 is 5.75. The third-order valence-electron chi connectivity index (χ3n) is 2.83. The zero-order chi connectivity index (χ0) is 13.0. The zero-order valence-corrected chi connectivity index (χ0v) is 10.8. The van der Waals surface area contributed by atoms with E-state index in [0.29, 0.717) is 6.61 Å². The summed E-state index contributed by atoms with van der Waals surface area (Å²) in [5.41, 5.74) is 8.99. The van der Waals surface area contributed by atoms with E-state index in [1.807, 2.05) is 44.2 Å². The molecule has 0 amide bonds. The molecule has 1 atom stereocenters. The molecule has 2 aromatic rings. The largest absolute Gasteiger partial charge is 0.487 e. The minimum atomic E-state index is 0.0496. The summed E-state index contributed by atoms with van der Waals surface area (Å²) in [5, 5.41) is 0. The van der Waals surface area contributed by atoms with Crippen molar-refractivity contribution in [3.63, 3.8) is 0 Å². The van der Waals surface area contributed by atoms with Crippen molar-refractivity contribution < 1.29 is 4.74 Å². The van der Waals surface area contributed by atoms with Crippen LogP contribution in [0.25, 0.3) is 0 Å². The molecule has 2 N–H and O–H groups in total. The topological polar surface area (TPSA) is 48.1 Å². The van der Waals surface area contributed by atoms with Crippen LogP contribution in [0.3, 0.4) is 0 Å². The second kappa shape index (κ2) is 5.65. The third kappa shape index (κ3) is 3.08. The number of nitrogens with zero attached hydrogens (tertiary/aromatic N) is 1. The van der Waals surface area contributed by atoms with E-state index in [1.165, 1.54) is 0 Å². The van der Waals surface area contributed by atoms with Crippen LogP contribution in [0.4, 0.5) is 0 Å². The van der Waals surface area contributed by atoms with Gasteiger partial charge in [-0.1, -0.05) is 18.2 Å². The highest BCUT2D eigenvalue weighted by Gasteiger charge is 2.04. The van der Waals surface area contributed by atoms with Crippen molar-refractivity contribution >= 4 is 0 Å². The highest BCUT2D eigenvalue weighted by Crippen LogP contribution is 2.22. The standard InChI is InChI=1S/C15H18N2O/c1-11-9-13(12(2)16)6-7-15(11)18-10-14-5-3-4-8-17-14/h3-9,12H,10,16H2,1-2H3/t12-/m0/s1. The smallest absolute Gasteiger partial charge is 0.130 e. The van der Waals surface area contributed by atoms with E-state index < -0.39 is 0 Å². The van der Waals surface area contributed by atoms with Crippen LogP contribution in [0.2, 0.25) is 0 Å². The Hall–Kier alpha value is -1.87. The summed E-state index contributed by atoms with van der Waals surface area (Å²) in [5.74, 6) is 0.880. The molecule has 0 radical (unpaired) electrons. The molecular weight excluding hydrogens is 224 g/mol. The Labute approximate surface area is 108 Å². The van der Waals surface area contributed by atoms with Crippen molar-refractivity contribution in [3.05, 3.63) is 59.4 Å². The second-order valence-electron chi connectivity index (χ2n) is 4.42. The molecule has 3 nitrogen and oxygen atoms in total. The van der Waals surface area contributed by atoms with Crippen LogP contribution in [0, 0.1) is 6.92 Å². The van der Waals surface area contributed by atoms with Gasteiger partial charge in [0.1, 0.15) is 12.4 Å². The molecule has 94 valence electrons. The van der Waals surface area contributed by atoms with E-state index in [9.17, 15) is 0 Å². The number of pyridine rings is 1. The molecule has 2 rings (SSSR count). The number of aryl methyl sites for hydroxylation is 1. The fraction of sp³-hybridized carbons (Fsp3) is 0.267. The maximum Gasteiger partial charge on any atom is 0.130 e. The van der Waals surface area contributed by atoms with Gasteiger partial charge in [0.05, 0.1) is 5.69 Å². The van der Waals surface area contributed by atoms with Crippen molar-refractivity contribution in [2.75, 3.05) is 0 Å². The van der Waals surface area contributed by atoms with Gasteiger partial charge in [-0.3, -0.25) is 4.98 Å². The van der Waals surface area contributed by atoms with Gasteiger partial charge in [-0.05, 0) is 43.2 Å². The van der Waals surface area contributed by atoms with Crippen LogP contribution in [-0.4, -0.2) is 4.98 Å². The van der Waals surface area contributed by atoms with Crippen LogP contribution in [0.15, 0.2) is 42.6 Å². The SMILES string of the molecule is Cc1cc([C@H](C)N)ccc1OCc1ccccn1. The van der Waals surface area contributed by atoms with Crippen LogP contribution >= 0.6 is 0 Å². The fourth-order valence-corrected chi connectivity index (χ4v) is 1.75. The first kappa shape index (κ1) is 12.6. The molecule has 0 saturated heterocycles. The van der Waals surface area contributed by atoms with E-state index in [1.54, 1.807) is 6.20 Å². The van der Waals surface area contributed by atoms with Gasteiger partial charge in [0, 0.05) is 12.2 Å². The summed E-state index contributed by atoms with van der Waals surface area (Å²) in [6, 6.07) is 11.9. The summed E-state index contributed by atoms with van der Waals surface area (Å²) in [7, 11) is 0. The predicted molar refractivity (Wildman–Crippen MR) is 72.4 cm³/mol. The van der Waals surface area contributed by atoms with E-state index >= 15 is 0 Å². The average molecular weight is 242 g/mol. The van der Waals surface area contributed by atoms with Gasteiger partial charge >= 0.3 is 0 Å². The Balaban J connectivity index is 2.06. The molecule has 1 aromatic carbocycles. The first-order chi connectivity index (χ1) is 8.66. The number of hydrogen-bond donors (Lipinski definition) is 1. The molecule has 0 aliphatic rings. The van der Waals surface area contributed by atoms with Gasteiger partial charge in [-0.15, -0.1) is 0 Å². The molecule has 1 heterocycles. The first-order valence-electron chi connectivity index (χ1n) is 6.05. The zero-order valence-electron chi connectivity index (χ0n) is 10.8. The lowest BCUT2D eigenvalue weighted by Crippen LogP contribution is -2.05. The van der Waals surface area contributed by atoms with Gasteiger partial charge in [-0.25, -0.2) is 0 Å². The average Bonchev–Trinajstić information content (AvgIpc) is 2.38. The monoisotopic (exact) mass is 242 g/mol. The maximum absolute atomic E-state index is 5.85. The summed E-state index contributed by atoms with van der Waals surface area (Å²) in [4.78, 5) is 4.22. The lowest BCUT2D eigenvalue weighted by Gasteiger charge is -2.12. The molecule has 0 aliphatic heterocycles. The number of rotatable bonds is 4. The van der Waals surface area contributed by atoms with Gasteiger partial charge in [0.15, 0.2) is 0 Å². The Kier molecular flexibility index (Phi) is 3.95. The number of aromatic nitrogens is 1. The van der Waals surface area contributed by atoms with Crippen LogP contribution < -0.4 is 10.5 Å². The molecule has 0 bridgehead atoms. The molecular formula is C15H18N2O. The summed E-state index contributed by atoms with van der Waals surface area (Å²) >= 11 is 0. The lowest BCUT2D eigenvalue weighted by molar-refractivity contribution is 0.299. The highest BCUT2D eigenvalue weighted by molar-refractivity contribution is 5.37. The third-order valence-corrected chi connectivity index (χ3v) is 2.83. The molecule has 0 unspecified atom stereocenters. The normalized spacial score (nSPS) is 12.2.